The molecule has 0 spiro atoms. The molecule has 2 aliphatic heterocycles. The molecule has 43 heavy (non-hydrogen) atoms. The number of phenols is 2. The molecule has 2 aliphatic rings. The summed E-state index contributed by atoms with van der Waals surface area (Å²) in [7, 11) is 0. The van der Waals surface area contributed by atoms with Gasteiger partial charge in [-0.3, -0.25) is 4.79 Å². The van der Waals surface area contributed by atoms with Crippen molar-refractivity contribution in [1.82, 2.24) is 5.32 Å². The summed E-state index contributed by atoms with van der Waals surface area (Å²) in [6.07, 6.45) is 6.54. The summed E-state index contributed by atoms with van der Waals surface area (Å²) in [5, 5.41) is 44.1. The highest BCUT2D eigenvalue weighted by Gasteiger charge is 2.46. The largest absolute Gasteiger partial charge is 0.508 e. The van der Waals surface area contributed by atoms with Gasteiger partial charge >= 0.3 is 5.97 Å². The quantitative estimate of drug-likeness (QED) is 0.167. The molecule has 0 saturated carbocycles. The molecule has 11 nitrogen and oxygen atoms in total. The zero-order valence-electron chi connectivity index (χ0n) is 23.8. The van der Waals surface area contributed by atoms with Gasteiger partial charge in [-0.05, 0) is 56.0 Å². The van der Waals surface area contributed by atoms with Crippen molar-refractivity contribution in [2.75, 3.05) is 6.61 Å². The summed E-state index contributed by atoms with van der Waals surface area (Å²) in [6, 6.07) is 7.35. The number of rotatable bonds is 8. The van der Waals surface area contributed by atoms with Crippen molar-refractivity contribution in [2.45, 2.75) is 57.6 Å². The number of ether oxygens (including phenoxy) is 2. The van der Waals surface area contributed by atoms with Gasteiger partial charge in [-0.15, -0.1) is 0 Å². The topological polar surface area (TPSA) is 185 Å². The van der Waals surface area contributed by atoms with Gasteiger partial charge in [-0.1, -0.05) is 24.3 Å². The molecule has 0 radical (unpaired) electrons. The van der Waals surface area contributed by atoms with Gasteiger partial charge in [-0.25, -0.2) is 4.79 Å². The van der Waals surface area contributed by atoms with Crippen molar-refractivity contribution < 1.29 is 39.1 Å². The van der Waals surface area contributed by atoms with E-state index >= 15 is 0 Å². The number of hydrogen-bond donors (Lipinski definition) is 6. The van der Waals surface area contributed by atoms with E-state index in [9.17, 15) is 30.0 Å². The average molecular weight is 591 g/mol. The number of esters is 1. The zero-order chi connectivity index (χ0) is 30.9. The first kappa shape index (κ1) is 29.9. The minimum atomic E-state index is -1.17. The molecular weight excluding hydrogens is 556 g/mol. The van der Waals surface area contributed by atoms with Gasteiger partial charge in [0.2, 0.25) is 0 Å². The van der Waals surface area contributed by atoms with Crippen LogP contribution >= 0.6 is 0 Å². The van der Waals surface area contributed by atoms with E-state index in [4.69, 9.17) is 19.6 Å². The Balaban J connectivity index is 1.71. The van der Waals surface area contributed by atoms with Crippen LogP contribution in [-0.4, -0.2) is 50.9 Å². The van der Waals surface area contributed by atoms with Crippen molar-refractivity contribution in [2.24, 2.45) is 5.73 Å². The van der Waals surface area contributed by atoms with Gasteiger partial charge in [0, 0.05) is 24.3 Å². The highest BCUT2D eigenvalue weighted by atomic mass is 16.6. The summed E-state index contributed by atoms with van der Waals surface area (Å²) >= 11 is 0. The van der Waals surface area contributed by atoms with Crippen molar-refractivity contribution in [3.8, 4) is 28.4 Å². The Morgan fingerprint density at radius 1 is 1.26 bits per heavy atom. The second-order valence-electron chi connectivity index (χ2n) is 10.8. The molecule has 0 saturated heterocycles. The number of benzene rings is 2. The number of aromatic hydroxyl groups is 2. The predicted octanol–water partition coefficient (Wildman–Crippen LogP) is 3.02. The van der Waals surface area contributed by atoms with Crippen LogP contribution in [-0.2, 0) is 22.6 Å². The molecule has 7 N–H and O–H groups in total. The molecule has 1 unspecified atom stereocenters. The van der Waals surface area contributed by atoms with Gasteiger partial charge < -0.3 is 45.4 Å². The maximum absolute atomic E-state index is 13.2. The molecule has 3 atom stereocenters. The minimum absolute atomic E-state index is 0.0201. The van der Waals surface area contributed by atoms with Gasteiger partial charge in [0.05, 0.1) is 23.9 Å². The average Bonchev–Trinajstić information content (AvgIpc) is 2.98. The first-order chi connectivity index (χ1) is 20.6. The van der Waals surface area contributed by atoms with E-state index in [1.165, 1.54) is 18.2 Å². The number of phenolic OH excluding ortho intramolecular Hbond substituents is 2. The first-order valence-electron chi connectivity index (χ1n) is 13.9. The molecule has 2 aromatic carbocycles. The van der Waals surface area contributed by atoms with E-state index in [2.05, 4.69) is 5.32 Å². The summed E-state index contributed by atoms with van der Waals surface area (Å²) in [5.41, 5.74) is 6.01. The fourth-order valence-corrected chi connectivity index (χ4v) is 5.40. The summed E-state index contributed by atoms with van der Waals surface area (Å²) in [6.45, 7) is 2.31. The monoisotopic (exact) mass is 590 g/mol. The van der Waals surface area contributed by atoms with Crippen LogP contribution in [0.5, 0.6) is 17.2 Å². The number of nitrogens with two attached hydrogens (primary N) is 1. The molecule has 5 rings (SSSR count). The molecule has 0 aliphatic carbocycles. The third-order valence-corrected chi connectivity index (χ3v) is 7.87. The third kappa shape index (κ3) is 5.74. The van der Waals surface area contributed by atoms with Crippen LogP contribution in [0.1, 0.15) is 38.0 Å². The number of nitrogens with one attached hydrogen (secondary N) is 1. The summed E-state index contributed by atoms with van der Waals surface area (Å²) in [5.74, 6) is -1.03. The molecule has 0 bridgehead atoms. The number of aliphatic hydroxyl groups is 2. The van der Waals surface area contributed by atoms with E-state index < -0.39 is 42.1 Å². The molecule has 0 fully saturated rings. The fourth-order valence-electron chi connectivity index (χ4n) is 5.40. The molecule has 1 aromatic heterocycles. The number of carbonyl (C=O) groups excluding carboxylic acids is 1. The smallest absolute Gasteiger partial charge is 0.336 e. The van der Waals surface area contributed by atoms with E-state index in [0.717, 1.165) is 11.6 Å². The number of carbonyl (C=O) groups is 1. The highest BCUT2D eigenvalue weighted by molar-refractivity contribution is 6.01. The van der Waals surface area contributed by atoms with Gasteiger partial charge in [0.1, 0.15) is 46.7 Å². The van der Waals surface area contributed by atoms with Crippen LogP contribution in [0.25, 0.3) is 22.1 Å². The number of allylic oxidation sites excluding steroid dienone is 3. The Labute approximate surface area is 247 Å². The lowest BCUT2D eigenvalue weighted by Gasteiger charge is -2.43. The van der Waals surface area contributed by atoms with Crippen LogP contribution in [0.4, 0.5) is 0 Å². The SMILES string of the molecule is C/C=C(/CO)C(=O)O[C@@H]1Cc2c(c(-c3cccc(O)c3)c3oc(CO)cc(=O)c3c2O)O[C@@]1(C)CCC1=CNC(N)C=C1. The third-order valence-electron chi connectivity index (χ3n) is 7.87. The molecule has 3 aromatic rings. The lowest BCUT2D eigenvalue weighted by atomic mass is 9.82. The summed E-state index contributed by atoms with van der Waals surface area (Å²) < 4.78 is 18.5. The molecule has 0 amide bonds. The molecule has 226 valence electrons. The Morgan fingerprint density at radius 3 is 2.70 bits per heavy atom. The number of fused-ring (bicyclic) bond motifs is 2. The second-order valence-corrected chi connectivity index (χ2v) is 10.8. The van der Waals surface area contributed by atoms with Crippen LogP contribution in [0.15, 0.2) is 75.1 Å². The maximum atomic E-state index is 13.2. The maximum Gasteiger partial charge on any atom is 0.336 e. The lowest BCUT2D eigenvalue weighted by Crippen LogP contribution is -2.51. The van der Waals surface area contributed by atoms with Crippen molar-refractivity contribution in [1.29, 1.82) is 0 Å². The van der Waals surface area contributed by atoms with Crippen molar-refractivity contribution in [3.05, 3.63) is 87.5 Å². The van der Waals surface area contributed by atoms with Crippen LogP contribution in [0, 0.1) is 0 Å². The predicted molar refractivity (Wildman–Crippen MR) is 158 cm³/mol. The van der Waals surface area contributed by atoms with Gasteiger partial charge in [0.15, 0.2) is 11.0 Å². The highest BCUT2D eigenvalue weighted by Crippen LogP contribution is 2.51. The number of hydrogen-bond acceptors (Lipinski definition) is 11. The van der Waals surface area contributed by atoms with E-state index in [0.29, 0.717) is 18.4 Å². The van der Waals surface area contributed by atoms with E-state index in [-0.39, 0.29) is 57.5 Å². The number of dihydropyridines is 1. The summed E-state index contributed by atoms with van der Waals surface area (Å²) in [4.78, 5) is 26.2. The Hall–Kier alpha value is -4.58. The second kappa shape index (κ2) is 12.0. The molecule has 3 heterocycles. The van der Waals surface area contributed by atoms with E-state index in [1.54, 1.807) is 32.2 Å². The van der Waals surface area contributed by atoms with Crippen LogP contribution in [0.2, 0.25) is 0 Å². The first-order valence-corrected chi connectivity index (χ1v) is 13.9. The lowest BCUT2D eigenvalue weighted by molar-refractivity contribution is -0.159. The van der Waals surface area contributed by atoms with Gasteiger partial charge in [0.25, 0.3) is 0 Å². The molecular formula is C32H34N2O9. The van der Waals surface area contributed by atoms with Gasteiger partial charge in [-0.2, -0.15) is 0 Å². The Morgan fingerprint density at radius 2 is 2.05 bits per heavy atom. The van der Waals surface area contributed by atoms with Crippen molar-refractivity contribution in [3.63, 3.8) is 0 Å². The standard InChI is InChI=1S/C32H34N2O9/c1-3-18(15-35)31(40)42-24-13-22-28(39)27-23(38)12-21(16-36)41-30(27)26(19-5-4-6-20(37)11-19)29(22)43-32(24,2)10-9-17-7-8-25(33)34-14-17/h3-8,11-12,14,24-25,34-37,39H,9-10,13,15-16,33H2,1-2H3/b18-3-/t24-,25?,32+/m1/s1. The minimum Gasteiger partial charge on any atom is -0.508 e. The fraction of sp³-hybridized carbons (Fsp3) is 0.312. The molecule has 11 heteroatoms. The van der Waals surface area contributed by atoms with Crippen molar-refractivity contribution >= 4 is 16.9 Å². The Bertz CT molecular complexity index is 1720. The zero-order valence-corrected chi connectivity index (χ0v) is 23.8. The normalized spacial score (nSPS) is 21.5. The van der Waals surface area contributed by atoms with E-state index in [1.807, 2.05) is 12.2 Å². The van der Waals surface area contributed by atoms with Crippen LogP contribution < -0.4 is 21.2 Å². The Kier molecular flexibility index (Phi) is 8.32. The van der Waals surface area contributed by atoms with Crippen LogP contribution in [0.3, 0.4) is 0 Å². The number of aliphatic hydroxyl groups excluding tert-OH is 2.